The molecule has 24 heavy (non-hydrogen) atoms. The first-order valence-corrected chi connectivity index (χ1v) is 8.62. The van der Waals surface area contributed by atoms with Gasteiger partial charge >= 0.3 is 0 Å². The summed E-state index contributed by atoms with van der Waals surface area (Å²) in [6, 6.07) is 6.58. The number of nitrogens with zero attached hydrogens (tertiary/aromatic N) is 3. The summed E-state index contributed by atoms with van der Waals surface area (Å²) in [6.45, 7) is 1.71. The molecule has 1 aliphatic carbocycles. The molecule has 0 N–H and O–H groups in total. The Morgan fingerprint density at radius 2 is 2.12 bits per heavy atom. The summed E-state index contributed by atoms with van der Waals surface area (Å²) in [5.74, 6) is 0.947. The molecular weight excluding hydrogens is 305 g/mol. The van der Waals surface area contributed by atoms with E-state index in [0.717, 1.165) is 37.9 Å². The smallest absolute Gasteiger partial charge is 0.226 e. The lowest BCUT2D eigenvalue weighted by Crippen LogP contribution is -2.30. The number of carbonyl (C=O) groups excluding carboxylic acids is 1. The Morgan fingerprint density at radius 3 is 2.83 bits per heavy atom. The molecule has 1 aromatic heterocycles. The van der Waals surface area contributed by atoms with E-state index in [2.05, 4.69) is 11.3 Å². The number of benzene rings is 1. The number of likely N-dealkylation sites (tertiary alicyclic amines) is 1. The highest BCUT2D eigenvalue weighted by Gasteiger charge is 2.46. The number of halogens is 1. The van der Waals surface area contributed by atoms with Crippen molar-refractivity contribution >= 4 is 5.91 Å². The number of carbonyl (C=O) groups is 1. The van der Waals surface area contributed by atoms with Crippen molar-refractivity contribution < 1.29 is 9.18 Å². The third-order valence-electron chi connectivity index (χ3n) is 5.29. The van der Waals surface area contributed by atoms with Crippen LogP contribution < -0.4 is 0 Å². The lowest BCUT2D eigenvalue weighted by atomic mass is 10.0. The highest BCUT2D eigenvalue weighted by molar-refractivity contribution is 5.83. The van der Waals surface area contributed by atoms with Gasteiger partial charge in [-0.05, 0) is 54.4 Å². The highest BCUT2D eigenvalue weighted by Crippen LogP contribution is 2.48. The predicted molar refractivity (Wildman–Crippen MR) is 88.8 cm³/mol. The van der Waals surface area contributed by atoms with Crippen molar-refractivity contribution in [2.45, 2.75) is 25.2 Å². The van der Waals surface area contributed by atoms with Crippen LogP contribution in [0, 0.1) is 17.7 Å². The first-order valence-electron chi connectivity index (χ1n) is 8.62. The fourth-order valence-electron chi connectivity index (χ4n) is 3.89. The molecule has 5 heteroatoms. The van der Waals surface area contributed by atoms with Gasteiger partial charge < -0.3 is 4.90 Å². The summed E-state index contributed by atoms with van der Waals surface area (Å²) in [5, 5.41) is 4.21. The summed E-state index contributed by atoms with van der Waals surface area (Å²) in [5.41, 5.74) is 2.33. The minimum atomic E-state index is -0.222. The first-order chi connectivity index (χ1) is 11.6. The van der Waals surface area contributed by atoms with E-state index in [1.807, 2.05) is 35.0 Å². The zero-order valence-electron chi connectivity index (χ0n) is 13.9. The molecule has 2 aliphatic rings. The second kappa shape index (κ2) is 6.04. The third kappa shape index (κ3) is 3.07. The van der Waals surface area contributed by atoms with Crippen LogP contribution in [0.4, 0.5) is 4.39 Å². The Kier molecular flexibility index (Phi) is 3.87. The lowest BCUT2D eigenvalue weighted by Gasteiger charge is -2.16. The van der Waals surface area contributed by atoms with Gasteiger partial charge in [0.1, 0.15) is 5.82 Å². The molecule has 2 fully saturated rings. The van der Waals surface area contributed by atoms with E-state index in [0.29, 0.717) is 5.92 Å². The van der Waals surface area contributed by atoms with Gasteiger partial charge in [0.15, 0.2) is 0 Å². The van der Waals surface area contributed by atoms with Crippen LogP contribution in [0.5, 0.6) is 0 Å². The van der Waals surface area contributed by atoms with E-state index in [1.165, 1.54) is 17.7 Å². The largest absolute Gasteiger partial charge is 0.342 e. The molecule has 0 radical (unpaired) electrons. The number of aromatic nitrogens is 2. The van der Waals surface area contributed by atoms with E-state index < -0.39 is 0 Å². The molecule has 1 saturated heterocycles. The summed E-state index contributed by atoms with van der Waals surface area (Å²) in [6.07, 6.45) is 6.92. The molecule has 0 bridgehead atoms. The molecule has 0 unspecified atom stereocenters. The summed E-state index contributed by atoms with van der Waals surface area (Å²) >= 11 is 0. The normalized spacial score (nSPS) is 25.9. The maximum Gasteiger partial charge on any atom is 0.226 e. The molecular formula is C19H22FN3O. The van der Waals surface area contributed by atoms with E-state index in [9.17, 15) is 9.18 Å². The van der Waals surface area contributed by atoms with Crippen molar-refractivity contribution in [1.29, 1.82) is 0 Å². The maximum absolute atomic E-state index is 13.0. The van der Waals surface area contributed by atoms with Gasteiger partial charge in [0.05, 0.1) is 6.20 Å². The van der Waals surface area contributed by atoms with Crippen LogP contribution in [0.1, 0.15) is 29.9 Å². The van der Waals surface area contributed by atoms with E-state index >= 15 is 0 Å². The molecule has 126 valence electrons. The second-order valence-electron chi connectivity index (χ2n) is 7.17. The van der Waals surface area contributed by atoms with Crippen LogP contribution in [-0.2, 0) is 18.3 Å². The fraction of sp³-hybridized carbons (Fsp3) is 0.474. The zero-order valence-corrected chi connectivity index (χ0v) is 13.9. The molecule has 3 atom stereocenters. The fourth-order valence-corrected chi connectivity index (χ4v) is 3.89. The zero-order chi connectivity index (χ0) is 16.7. The average Bonchev–Trinajstić information content (AvgIpc) is 3.05. The summed E-state index contributed by atoms with van der Waals surface area (Å²) < 4.78 is 14.8. The van der Waals surface area contributed by atoms with Gasteiger partial charge in [-0.2, -0.15) is 5.10 Å². The van der Waals surface area contributed by atoms with Crippen LogP contribution in [0.25, 0.3) is 0 Å². The highest BCUT2D eigenvalue weighted by atomic mass is 19.1. The van der Waals surface area contributed by atoms with Crippen LogP contribution in [-0.4, -0.2) is 33.7 Å². The minimum Gasteiger partial charge on any atom is -0.342 e. The van der Waals surface area contributed by atoms with Crippen molar-refractivity contribution in [2.75, 3.05) is 13.1 Å². The molecule has 1 aliphatic heterocycles. The molecule has 2 heterocycles. The Hall–Kier alpha value is -2.17. The number of hydrogen-bond donors (Lipinski definition) is 0. The van der Waals surface area contributed by atoms with Crippen LogP contribution in [0.3, 0.4) is 0 Å². The van der Waals surface area contributed by atoms with Crippen LogP contribution in [0.15, 0.2) is 36.7 Å². The molecule has 0 spiro atoms. The average molecular weight is 327 g/mol. The molecule has 1 aromatic carbocycles. The number of hydrogen-bond acceptors (Lipinski definition) is 2. The number of amides is 1. The van der Waals surface area contributed by atoms with Crippen molar-refractivity contribution in [2.24, 2.45) is 18.9 Å². The topological polar surface area (TPSA) is 38.1 Å². The summed E-state index contributed by atoms with van der Waals surface area (Å²) in [4.78, 5) is 14.7. The van der Waals surface area contributed by atoms with Crippen molar-refractivity contribution in [1.82, 2.24) is 14.7 Å². The van der Waals surface area contributed by atoms with Crippen molar-refractivity contribution in [3.63, 3.8) is 0 Å². The van der Waals surface area contributed by atoms with E-state index in [4.69, 9.17) is 0 Å². The van der Waals surface area contributed by atoms with Gasteiger partial charge in [-0.25, -0.2) is 4.39 Å². The molecule has 2 aromatic rings. The Balaban J connectivity index is 1.32. The number of aryl methyl sites for hydroxylation is 1. The Bertz CT molecular complexity index is 739. The van der Waals surface area contributed by atoms with Gasteiger partial charge in [0.25, 0.3) is 0 Å². The number of rotatable bonds is 4. The molecule has 1 saturated carbocycles. The monoisotopic (exact) mass is 327 g/mol. The maximum atomic E-state index is 13.0. The van der Waals surface area contributed by atoms with Gasteiger partial charge in [0.2, 0.25) is 5.91 Å². The van der Waals surface area contributed by atoms with Gasteiger partial charge in [0, 0.05) is 32.3 Å². The summed E-state index contributed by atoms with van der Waals surface area (Å²) in [7, 11) is 1.93. The standard InChI is InChI=1S/C19H22FN3O/c1-22-11-14(10-21-22)8-13-6-7-23(12-13)19(24)18-9-17(18)15-2-4-16(20)5-3-15/h2-5,10-11,13,17-18H,6-9,12H2,1H3/t13-,17-,18-/m0/s1. The SMILES string of the molecule is Cn1cc(C[C@@H]2CCN(C(=O)[C@H]3C[C@H]3c3ccc(F)cc3)C2)cn1. The van der Waals surface area contributed by atoms with Gasteiger partial charge in [-0.15, -0.1) is 0 Å². The van der Waals surface area contributed by atoms with Crippen molar-refractivity contribution in [3.05, 3.63) is 53.6 Å². The molecule has 4 rings (SSSR count). The van der Waals surface area contributed by atoms with Crippen molar-refractivity contribution in [3.8, 4) is 0 Å². The Labute approximate surface area is 141 Å². The minimum absolute atomic E-state index is 0.0904. The third-order valence-corrected chi connectivity index (χ3v) is 5.29. The van der Waals surface area contributed by atoms with E-state index in [-0.39, 0.29) is 23.6 Å². The predicted octanol–water partition coefficient (Wildman–Crippen LogP) is 2.75. The second-order valence-corrected chi connectivity index (χ2v) is 7.17. The van der Waals surface area contributed by atoms with Gasteiger partial charge in [-0.1, -0.05) is 12.1 Å². The molecule has 4 nitrogen and oxygen atoms in total. The lowest BCUT2D eigenvalue weighted by molar-refractivity contribution is -0.131. The first kappa shape index (κ1) is 15.4. The van der Waals surface area contributed by atoms with Gasteiger partial charge in [-0.3, -0.25) is 9.48 Å². The van der Waals surface area contributed by atoms with Crippen LogP contribution in [0.2, 0.25) is 0 Å². The molecule has 1 amide bonds. The van der Waals surface area contributed by atoms with E-state index in [1.54, 1.807) is 0 Å². The quantitative estimate of drug-likeness (QED) is 0.866. The Morgan fingerprint density at radius 1 is 1.33 bits per heavy atom. The van der Waals surface area contributed by atoms with Crippen LogP contribution >= 0.6 is 0 Å².